The molecule has 0 aliphatic heterocycles. The number of rotatable bonds is 6. The number of benzene rings is 1. The van der Waals surface area contributed by atoms with Gasteiger partial charge in [-0.05, 0) is 30.7 Å². The largest absolute Gasteiger partial charge is 0.368 e. The quantitative estimate of drug-likeness (QED) is 0.842. The first-order valence-corrected chi connectivity index (χ1v) is 7.79. The molecule has 114 valence electrons. The first-order chi connectivity index (χ1) is 10.2. The average molecular weight is 288 g/mol. The fourth-order valence-electron chi connectivity index (χ4n) is 3.04. The van der Waals surface area contributed by atoms with E-state index in [0.29, 0.717) is 12.8 Å². The lowest BCUT2D eigenvalue weighted by atomic mass is 9.83. The van der Waals surface area contributed by atoms with Crippen LogP contribution in [0, 0.1) is 5.92 Å². The number of carbonyl (C=O) groups excluding carboxylic acids is 2. The molecule has 1 aromatic rings. The van der Waals surface area contributed by atoms with Crippen LogP contribution in [0.5, 0.6) is 0 Å². The molecule has 0 radical (unpaired) electrons. The minimum Gasteiger partial charge on any atom is -0.368 e. The second-order valence-electron chi connectivity index (χ2n) is 5.83. The Hall–Kier alpha value is -1.84. The highest BCUT2D eigenvalue weighted by molar-refractivity contribution is 5.86. The molecule has 0 heterocycles. The van der Waals surface area contributed by atoms with E-state index in [4.69, 9.17) is 5.73 Å². The average Bonchev–Trinajstić information content (AvgIpc) is 2.52. The van der Waals surface area contributed by atoms with E-state index >= 15 is 0 Å². The lowest BCUT2D eigenvalue weighted by Crippen LogP contribution is -2.49. The molecule has 1 fully saturated rings. The molecular weight excluding hydrogens is 264 g/mol. The number of hydrogen-bond acceptors (Lipinski definition) is 2. The number of aryl methyl sites for hydroxylation is 1. The molecule has 3 N–H and O–H groups in total. The molecule has 1 aliphatic rings. The van der Waals surface area contributed by atoms with Crippen molar-refractivity contribution in [1.29, 1.82) is 0 Å². The maximum atomic E-state index is 12.1. The molecule has 0 spiro atoms. The summed E-state index contributed by atoms with van der Waals surface area (Å²) in [5, 5.41) is 2.84. The van der Waals surface area contributed by atoms with E-state index in [1.165, 1.54) is 6.42 Å². The van der Waals surface area contributed by atoms with Gasteiger partial charge in [0.15, 0.2) is 0 Å². The molecular formula is C17H24N2O2. The van der Waals surface area contributed by atoms with Crippen LogP contribution < -0.4 is 11.1 Å². The van der Waals surface area contributed by atoms with Crippen molar-refractivity contribution in [3.8, 4) is 0 Å². The van der Waals surface area contributed by atoms with Crippen molar-refractivity contribution in [3.63, 3.8) is 0 Å². The highest BCUT2D eigenvalue weighted by Crippen LogP contribution is 2.26. The summed E-state index contributed by atoms with van der Waals surface area (Å²) in [4.78, 5) is 23.7. The molecule has 1 aliphatic carbocycles. The summed E-state index contributed by atoms with van der Waals surface area (Å²) in [6.45, 7) is 0. The number of nitrogens with one attached hydrogen (secondary N) is 1. The maximum Gasteiger partial charge on any atom is 0.240 e. The summed E-state index contributed by atoms with van der Waals surface area (Å²) in [6.07, 6.45) is 6.48. The lowest BCUT2D eigenvalue weighted by molar-refractivity contribution is -0.128. The number of carbonyl (C=O) groups is 2. The van der Waals surface area contributed by atoms with Crippen molar-refractivity contribution >= 4 is 11.8 Å². The monoisotopic (exact) mass is 288 g/mol. The smallest absolute Gasteiger partial charge is 0.240 e. The molecule has 4 heteroatoms. The van der Waals surface area contributed by atoms with Gasteiger partial charge in [0.25, 0.3) is 0 Å². The van der Waals surface area contributed by atoms with Crippen LogP contribution in [0.1, 0.15) is 44.1 Å². The molecule has 0 bridgehead atoms. The molecule has 0 unspecified atom stereocenters. The van der Waals surface area contributed by atoms with Crippen LogP contribution in [0.2, 0.25) is 0 Å². The molecule has 2 amide bonds. The number of nitrogens with two attached hydrogens (primary N) is 1. The third-order valence-electron chi connectivity index (χ3n) is 4.23. The Morgan fingerprint density at radius 2 is 1.81 bits per heavy atom. The Balaban J connectivity index is 1.84. The molecule has 4 nitrogen and oxygen atoms in total. The van der Waals surface area contributed by atoms with Crippen LogP contribution in [-0.4, -0.2) is 17.9 Å². The van der Waals surface area contributed by atoms with Crippen LogP contribution in [0.25, 0.3) is 0 Å². The Kier molecular flexibility index (Phi) is 5.78. The van der Waals surface area contributed by atoms with Gasteiger partial charge in [0.1, 0.15) is 6.04 Å². The molecule has 1 atom stereocenters. The van der Waals surface area contributed by atoms with Gasteiger partial charge in [-0.15, -0.1) is 0 Å². The minimum absolute atomic E-state index is 0.0896. The fourth-order valence-corrected chi connectivity index (χ4v) is 3.04. The van der Waals surface area contributed by atoms with Crippen molar-refractivity contribution in [1.82, 2.24) is 5.32 Å². The zero-order chi connectivity index (χ0) is 15.1. The van der Waals surface area contributed by atoms with E-state index in [1.807, 2.05) is 30.3 Å². The van der Waals surface area contributed by atoms with E-state index in [-0.39, 0.29) is 11.8 Å². The van der Waals surface area contributed by atoms with Gasteiger partial charge in [0, 0.05) is 6.42 Å². The molecule has 21 heavy (non-hydrogen) atoms. The van der Waals surface area contributed by atoms with Crippen LogP contribution in [0.15, 0.2) is 30.3 Å². The summed E-state index contributed by atoms with van der Waals surface area (Å²) in [5.74, 6) is -0.292. The van der Waals surface area contributed by atoms with Gasteiger partial charge < -0.3 is 11.1 Å². The fraction of sp³-hybridized carbons (Fsp3) is 0.529. The van der Waals surface area contributed by atoms with Gasteiger partial charge >= 0.3 is 0 Å². The molecule has 1 aromatic carbocycles. The topological polar surface area (TPSA) is 72.2 Å². The van der Waals surface area contributed by atoms with E-state index < -0.39 is 11.9 Å². The van der Waals surface area contributed by atoms with Crippen LogP contribution in [0.3, 0.4) is 0 Å². The SMILES string of the molecule is NC(=O)[C@@H](NC(=O)CCc1ccccc1)C1CCCCC1. The van der Waals surface area contributed by atoms with Gasteiger partial charge in [-0.2, -0.15) is 0 Å². The molecule has 1 saturated carbocycles. The van der Waals surface area contributed by atoms with Crippen molar-refractivity contribution < 1.29 is 9.59 Å². The zero-order valence-corrected chi connectivity index (χ0v) is 12.4. The second-order valence-corrected chi connectivity index (χ2v) is 5.83. The Morgan fingerprint density at radius 3 is 2.43 bits per heavy atom. The third-order valence-corrected chi connectivity index (χ3v) is 4.23. The third kappa shape index (κ3) is 4.88. The maximum absolute atomic E-state index is 12.1. The van der Waals surface area contributed by atoms with E-state index in [2.05, 4.69) is 5.32 Å². The van der Waals surface area contributed by atoms with Crippen LogP contribution in [-0.2, 0) is 16.0 Å². The van der Waals surface area contributed by atoms with Crippen molar-refractivity contribution in [2.45, 2.75) is 51.0 Å². The number of primary amides is 1. The summed E-state index contributed by atoms with van der Waals surface area (Å²) >= 11 is 0. The zero-order valence-electron chi connectivity index (χ0n) is 12.4. The van der Waals surface area contributed by atoms with Gasteiger partial charge in [-0.1, -0.05) is 49.6 Å². The Labute approximate surface area is 126 Å². The Bertz CT molecular complexity index is 467. The highest BCUT2D eigenvalue weighted by Gasteiger charge is 2.29. The van der Waals surface area contributed by atoms with Gasteiger partial charge in [0.2, 0.25) is 11.8 Å². The minimum atomic E-state index is -0.506. The summed E-state index contributed by atoms with van der Waals surface area (Å²) in [5.41, 5.74) is 6.60. The van der Waals surface area contributed by atoms with Crippen molar-refractivity contribution in [2.24, 2.45) is 11.7 Å². The summed E-state index contributed by atoms with van der Waals surface area (Å²) < 4.78 is 0. The van der Waals surface area contributed by atoms with E-state index in [1.54, 1.807) is 0 Å². The van der Waals surface area contributed by atoms with Crippen molar-refractivity contribution in [2.75, 3.05) is 0 Å². The molecule has 2 rings (SSSR count). The summed E-state index contributed by atoms with van der Waals surface area (Å²) in [6, 6.07) is 9.37. The van der Waals surface area contributed by atoms with Crippen LogP contribution >= 0.6 is 0 Å². The van der Waals surface area contributed by atoms with Crippen molar-refractivity contribution in [3.05, 3.63) is 35.9 Å². The predicted molar refractivity (Wildman–Crippen MR) is 82.5 cm³/mol. The van der Waals surface area contributed by atoms with Gasteiger partial charge in [-0.25, -0.2) is 0 Å². The Morgan fingerprint density at radius 1 is 1.14 bits per heavy atom. The van der Waals surface area contributed by atoms with E-state index in [9.17, 15) is 9.59 Å². The van der Waals surface area contributed by atoms with Gasteiger partial charge in [-0.3, -0.25) is 9.59 Å². The first kappa shape index (κ1) is 15.5. The standard InChI is InChI=1S/C17H24N2O2/c18-17(21)16(14-9-5-2-6-10-14)19-15(20)12-11-13-7-3-1-4-8-13/h1,3-4,7-8,14,16H,2,5-6,9-12H2,(H2,18,21)(H,19,20)/t16-/m0/s1. The van der Waals surface area contributed by atoms with Crippen LogP contribution in [0.4, 0.5) is 0 Å². The summed E-state index contributed by atoms with van der Waals surface area (Å²) in [7, 11) is 0. The first-order valence-electron chi connectivity index (χ1n) is 7.79. The number of amides is 2. The second kappa shape index (κ2) is 7.81. The lowest BCUT2D eigenvalue weighted by Gasteiger charge is -2.28. The molecule has 0 saturated heterocycles. The number of hydrogen-bond donors (Lipinski definition) is 2. The van der Waals surface area contributed by atoms with Gasteiger partial charge in [0.05, 0.1) is 0 Å². The predicted octanol–water partition coefficient (Wildman–Crippen LogP) is 2.17. The molecule has 0 aromatic heterocycles. The van der Waals surface area contributed by atoms with E-state index in [0.717, 1.165) is 31.2 Å². The highest BCUT2D eigenvalue weighted by atomic mass is 16.2. The normalized spacial score (nSPS) is 17.1.